The van der Waals surface area contributed by atoms with Crippen LogP contribution in [-0.2, 0) is 19.6 Å². The van der Waals surface area contributed by atoms with Crippen molar-refractivity contribution in [3.8, 4) is 0 Å². The van der Waals surface area contributed by atoms with Crippen LogP contribution in [0.3, 0.4) is 0 Å². The Kier molecular flexibility index (Phi) is 5.70. The largest absolute Gasteiger partial charge is 0.347 e. The number of carbonyl (C=O) groups excluding carboxylic acids is 1. The smallest absolute Gasteiger partial charge is 0.268 e. The highest BCUT2D eigenvalue weighted by atomic mass is 32.1. The topological polar surface area (TPSA) is 37.3 Å². The third-order valence-corrected chi connectivity index (χ3v) is 5.91. The van der Waals surface area contributed by atoms with E-state index in [1.807, 2.05) is 29.0 Å². The maximum Gasteiger partial charge on any atom is 0.268 e. The first-order valence-electron chi connectivity index (χ1n) is 9.54. The average Bonchev–Trinajstić information content (AvgIpc) is 3.44. The minimum absolute atomic E-state index is 0.0299. The lowest BCUT2D eigenvalue weighted by Gasteiger charge is -2.15. The zero-order valence-electron chi connectivity index (χ0n) is 15.4. The summed E-state index contributed by atoms with van der Waals surface area (Å²) in [7, 11) is 0. The fourth-order valence-corrected chi connectivity index (χ4v) is 4.27. The predicted octanol–water partition coefficient (Wildman–Crippen LogP) is 4.12. The van der Waals surface area contributed by atoms with Gasteiger partial charge in [-0.15, -0.1) is 11.3 Å². The van der Waals surface area contributed by atoms with Crippen molar-refractivity contribution in [2.75, 3.05) is 13.1 Å². The van der Waals surface area contributed by atoms with Gasteiger partial charge in [0.05, 0.1) is 6.54 Å². The molecule has 2 aromatic heterocycles. The molecule has 3 aromatic rings. The molecule has 0 aliphatic carbocycles. The molecule has 1 aliphatic rings. The van der Waals surface area contributed by atoms with Crippen LogP contribution in [0.5, 0.6) is 0 Å². The second kappa shape index (κ2) is 8.55. The lowest BCUT2D eigenvalue weighted by Crippen LogP contribution is -2.25. The molecule has 0 radical (unpaired) electrons. The van der Waals surface area contributed by atoms with Crippen molar-refractivity contribution in [2.24, 2.45) is 0 Å². The summed E-state index contributed by atoms with van der Waals surface area (Å²) in [5.41, 5.74) is 3.18. The highest BCUT2D eigenvalue weighted by Gasteiger charge is 2.13. The van der Waals surface area contributed by atoms with Crippen LogP contribution in [0.1, 0.15) is 39.3 Å². The molecule has 27 heavy (non-hydrogen) atoms. The standard InChI is InChI=1S/C22H25N3OS/c26-22(21-6-3-13-25(21)17-20-5-4-14-27-20)23-15-18-7-9-19(10-8-18)16-24-11-1-2-12-24/h3-10,13-14H,1-2,11-12,15-17H2,(H,23,26). The van der Waals surface area contributed by atoms with Gasteiger partial charge in [-0.1, -0.05) is 30.3 Å². The summed E-state index contributed by atoms with van der Waals surface area (Å²) in [6, 6.07) is 16.5. The molecule has 0 unspecified atom stereocenters. The second-order valence-corrected chi connectivity index (χ2v) is 8.12. The molecule has 0 saturated carbocycles. The summed E-state index contributed by atoms with van der Waals surface area (Å²) in [6.07, 6.45) is 4.60. The van der Waals surface area contributed by atoms with Gasteiger partial charge in [0.1, 0.15) is 5.69 Å². The Hall–Kier alpha value is -2.37. The number of likely N-dealkylation sites (tertiary alicyclic amines) is 1. The summed E-state index contributed by atoms with van der Waals surface area (Å²) in [6.45, 7) is 4.74. The maximum atomic E-state index is 12.6. The molecule has 1 saturated heterocycles. The minimum Gasteiger partial charge on any atom is -0.347 e. The van der Waals surface area contributed by atoms with E-state index in [1.54, 1.807) is 11.3 Å². The van der Waals surface area contributed by atoms with Gasteiger partial charge in [-0.2, -0.15) is 0 Å². The molecule has 1 N–H and O–H groups in total. The number of nitrogens with one attached hydrogen (secondary N) is 1. The van der Waals surface area contributed by atoms with Crippen molar-refractivity contribution in [3.05, 3.63) is 81.8 Å². The molecule has 3 heterocycles. The Balaban J connectivity index is 1.32. The lowest BCUT2D eigenvalue weighted by atomic mass is 10.1. The van der Waals surface area contributed by atoms with Gasteiger partial charge in [0, 0.05) is 24.2 Å². The van der Waals surface area contributed by atoms with E-state index in [0.717, 1.165) is 18.7 Å². The highest BCUT2D eigenvalue weighted by molar-refractivity contribution is 7.09. The molecule has 1 fully saturated rings. The second-order valence-electron chi connectivity index (χ2n) is 7.08. The number of aromatic nitrogens is 1. The van der Waals surface area contributed by atoms with Crippen molar-refractivity contribution >= 4 is 17.2 Å². The van der Waals surface area contributed by atoms with Crippen LogP contribution in [0.15, 0.2) is 60.1 Å². The first kappa shape index (κ1) is 18.0. The number of rotatable bonds is 7. The van der Waals surface area contributed by atoms with Gasteiger partial charge in [0.25, 0.3) is 5.91 Å². The Morgan fingerprint density at radius 3 is 2.48 bits per heavy atom. The van der Waals surface area contributed by atoms with Gasteiger partial charge in [0.15, 0.2) is 0 Å². The Bertz CT molecular complexity index is 861. The number of hydrogen-bond acceptors (Lipinski definition) is 3. The molecule has 5 heteroatoms. The lowest BCUT2D eigenvalue weighted by molar-refractivity contribution is 0.0942. The molecule has 1 aliphatic heterocycles. The van der Waals surface area contributed by atoms with Crippen LogP contribution in [0.4, 0.5) is 0 Å². The predicted molar refractivity (Wildman–Crippen MR) is 110 cm³/mol. The van der Waals surface area contributed by atoms with E-state index in [1.165, 1.54) is 36.4 Å². The van der Waals surface area contributed by atoms with Crippen LogP contribution in [0.2, 0.25) is 0 Å². The number of thiophene rings is 1. The normalized spacial score (nSPS) is 14.5. The van der Waals surface area contributed by atoms with Gasteiger partial charge >= 0.3 is 0 Å². The third kappa shape index (κ3) is 4.67. The van der Waals surface area contributed by atoms with E-state index in [0.29, 0.717) is 12.2 Å². The van der Waals surface area contributed by atoms with Crippen molar-refractivity contribution in [3.63, 3.8) is 0 Å². The van der Waals surface area contributed by atoms with Crippen LogP contribution in [0, 0.1) is 0 Å². The van der Waals surface area contributed by atoms with Gasteiger partial charge in [-0.25, -0.2) is 0 Å². The molecular formula is C22H25N3OS. The minimum atomic E-state index is -0.0299. The van der Waals surface area contributed by atoms with Crippen LogP contribution in [0.25, 0.3) is 0 Å². The molecule has 0 bridgehead atoms. The summed E-state index contributed by atoms with van der Waals surface area (Å²) in [5, 5.41) is 5.11. The van der Waals surface area contributed by atoms with Crippen molar-refractivity contribution in [1.29, 1.82) is 0 Å². The molecule has 4 nitrogen and oxygen atoms in total. The summed E-state index contributed by atoms with van der Waals surface area (Å²) >= 11 is 1.71. The van der Waals surface area contributed by atoms with Crippen LogP contribution in [-0.4, -0.2) is 28.5 Å². The van der Waals surface area contributed by atoms with Gasteiger partial charge in [0.2, 0.25) is 0 Å². The number of benzene rings is 1. The Morgan fingerprint density at radius 2 is 1.74 bits per heavy atom. The molecule has 0 atom stereocenters. The average molecular weight is 380 g/mol. The Morgan fingerprint density at radius 1 is 0.963 bits per heavy atom. The van der Waals surface area contributed by atoms with E-state index < -0.39 is 0 Å². The van der Waals surface area contributed by atoms with E-state index in [2.05, 4.69) is 45.9 Å². The summed E-state index contributed by atoms with van der Waals surface area (Å²) in [5.74, 6) is -0.0299. The van der Waals surface area contributed by atoms with Crippen LogP contribution < -0.4 is 5.32 Å². The maximum absolute atomic E-state index is 12.6. The highest BCUT2D eigenvalue weighted by Crippen LogP contribution is 2.15. The molecule has 140 valence electrons. The van der Waals surface area contributed by atoms with Crippen molar-refractivity contribution < 1.29 is 4.79 Å². The van der Waals surface area contributed by atoms with Gasteiger partial charge in [-0.3, -0.25) is 9.69 Å². The van der Waals surface area contributed by atoms with Crippen LogP contribution >= 0.6 is 11.3 Å². The van der Waals surface area contributed by atoms with E-state index >= 15 is 0 Å². The summed E-state index contributed by atoms with van der Waals surface area (Å²) in [4.78, 5) is 16.3. The quantitative estimate of drug-likeness (QED) is 0.670. The molecule has 1 amide bonds. The van der Waals surface area contributed by atoms with Crippen molar-refractivity contribution in [2.45, 2.75) is 32.5 Å². The molecular weight excluding hydrogens is 354 g/mol. The number of carbonyl (C=O) groups is 1. The van der Waals surface area contributed by atoms with E-state index in [-0.39, 0.29) is 5.91 Å². The van der Waals surface area contributed by atoms with Crippen molar-refractivity contribution in [1.82, 2.24) is 14.8 Å². The van der Waals surface area contributed by atoms with Gasteiger partial charge in [-0.05, 0) is 60.6 Å². The van der Waals surface area contributed by atoms with E-state index in [4.69, 9.17) is 0 Å². The molecule has 1 aromatic carbocycles. The number of nitrogens with zero attached hydrogens (tertiary/aromatic N) is 2. The SMILES string of the molecule is O=C(NCc1ccc(CN2CCCC2)cc1)c1cccn1Cc1cccs1. The van der Waals surface area contributed by atoms with E-state index in [9.17, 15) is 4.79 Å². The number of hydrogen-bond donors (Lipinski definition) is 1. The third-order valence-electron chi connectivity index (χ3n) is 5.05. The monoisotopic (exact) mass is 379 g/mol. The first-order chi connectivity index (χ1) is 13.3. The zero-order chi connectivity index (χ0) is 18.5. The fourth-order valence-electron chi connectivity index (χ4n) is 3.56. The first-order valence-corrected chi connectivity index (χ1v) is 10.4. The Labute approximate surface area is 164 Å². The van der Waals surface area contributed by atoms with Gasteiger partial charge < -0.3 is 9.88 Å². The summed E-state index contributed by atoms with van der Waals surface area (Å²) < 4.78 is 2.00. The molecule has 4 rings (SSSR count). The number of amides is 1. The molecule has 0 spiro atoms. The zero-order valence-corrected chi connectivity index (χ0v) is 16.3. The fraction of sp³-hybridized carbons (Fsp3) is 0.318.